The summed E-state index contributed by atoms with van der Waals surface area (Å²) in [4.78, 5) is 2.70. The van der Waals surface area contributed by atoms with E-state index in [0.29, 0.717) is 17.4 Å². The van der Waals surface area contributed by atoms with Crippen molar-refractivity contribution in [3.05, 3.63) is 35.9 Å². The highest BCUT2D eigenvalue weighted by Crippen LogP contribution is 2.33. The highest BCUT2D eigenvalue weighted by atomic mass is 15.3. The van der Waals surface area contributed by atoms with Crippen molar-refractivity contribution >= 4 is 0 Å². The number of hydrogen-bond acceptors (Lipinski definition) is 2. The molecule has 1 aliphatic rings. The van der Waals surface area contributed by atoms with Crippen molar-refractivity contribution in [2.24, 2.45) is 11.3 Å². The van der Waals surface area contributed by atoms with Gasteiger partial charge in [0.05, 0.1) is 5.54 Å². The number of piperazine rings is 1. The molecule has 1 N–H and O–H groups in total. The van der Waals surface area contributed by atoms with Crippen LogP contribution in [-0.2, 0) is 5.54 Å². The van der Waals surface area contributed by atoms with Crippen molar-refractivity contribution in [1.29, 1.82) is 0 Å². The third-order valence-corrected chi connectivity index (χ3v) is 4.66. The van der Waals surface area contributed by atoms with Gasteiger partial charge in [-0.05, 0) is 23.8 Å². The van der Waals surface area contributed by atoms with E-state index in [-0.39, 0.29) is 5.54 Å². The Hall–Kier alpha value is -0.860. The zero-order valence-corrected chi connectivity index (χ0v) is 14.6. The molecule has 0 aromatic heterocycles. The summed E-state index contributed by atoms with van der Waals surface area (Å²) < 4.78 is 0. The van der Waals surface area contributed by atoms with Gasteiger partial charge < -0.3 is 5.32 Å². The minimum Gasteiger partial charge on any atom is -0.305 e. The lowest BCUT2D eigenvalue weighted by Gasteiger charge is -2.51. The Kier molecular flexibility index (Phi) is 4.79. The van der Waals surface area contributed by atoms with Gasteiger partial charge in [0.15, 0.2) is 0 Å². The Labute approximate surface area is 130 Å². The average Bonchev–Trinajstić information content (AvgIpc) is 2.37. The summed E-state index contributed by atoms with van der Waals surface area (Å²) in [5.41, 5.74) is 1.75. The Morgan fingerprint density at radius 2 is 1.86 bits per heavy atom. The Balaban J connectivity index is 2.24. The van der Waals surface area contributed by atoms with E-state index in [0.717, 1.165) is 13.1 Å². The first-order valence-corrected chi connectivity index (χ1v) is 8.27. The van der Waals surface area contributed by atoms with Gasteiger partial charge in [0, 0.05) is 25.7 Å². The number of nitrogens with one attached hydrogen (secondary N) is 1. The summed E-state index contributed by atoms with van der Waals surface area (Å²) in [5.74, 6) is 0.702. The number of benzene rings is 1. The molecule has 2 rings (SSSR count). The molecule has 2 heteroatoms. The van der Waals surface area contributed by atoms with Crippen LogP contribution in [0.4, 0.5) is 0 Å². The van der Waals surface area contributed by atoms with E-state index >= 15 is 0 Å². The summed E-state index contributed by atoms with van der Waals surface area (Å²) in [7, 11) is 0. The third-order valence-electron chi connectivity index (χ3n) is 4.66. The summed E-state index contributed by atoms with van der Waals surface area (Å²) >= 11 is 0. The minimum atomic E-state index is 0.0535. The third kappa shape index (κ3) is 3.87. The molecule has 1 heterocycles. The lowest BCUT2D eigenvalue weighted by molar-refractivity contribution is 0.0186. The van der Waals surface area contributed by atoms with Crippen LogP contribution in [0.1, 0.15) is 47.1 Å². The maximum Gasteiger partial charge on any atom is 0.0535 e. The maximum atomic E-state index is 3.83. The Morgan fingerprint density at radius 1 is 1.24 bits per heavy atom. The van der Waals surface area contributed by atoms with Gasteiger partial charge in [-0.1, -0.05) is 65.0 Å². The van der Waals surface area contributed by atoms with Crippen molar-refractivity contribution in [3.63, 3.8) is 0 Å². The molecule has 21 heavy (non-hydrogen) atoms. The lowest BCUT2D eigenvalue weighted by atomic mass is 9.80. The van der Waals surface area contributed by atoms with Crippen LogP contribution in [0.15, 0.2) is 30.3 Å². The van der Waals surface area contributed by atoms with E-state index in [1.807, 2.05) is 0 Å². The fourth-order valence-electron chi connectivity index (χ4n) is 3.54. The summed E-state index contributed by atoms with van der Waals surface area (Å²) in [6.45, 7) is 17.4. The molecule has 0 spiro atoms. The maximum absolute atomic E-state index is 3.83. The van der Waals surface area contributed by atoms with Crippen molar-refractivity contribution in [3.8, 4) is 0 Å². The Bertz CT molecular complexity index is 446. The van der Waals surface area contributed by atoms with Gasteiger partial charge in [0.1, 0.15) is 0 Å². The zero-order valence-electron chi connectivity index (χ0n) is 14.6. The van der Waals surface area contributed by atoms with Crippen LogP contribution in [-0.4, -0.2) is 30.6 Å². The second-order valence-corrected chi connectivity index (χ2v) is 8.28. The largest absolute Gasteiger partial charge is 0.305 e. The van der Waals surface area contributed by atoms with Crippen LogP contribution in [0.2, 0.25) is 0 Å². The molecule has 0 bridgehead atoms. The molecule has 1 aromatic rings. The first-order valence-electron chi connectivity index (χ1n) is 8.27. The highest BCUT2D eigenvalue weighted by molar-refractivity contribution is 5.25. The second-order valence-electron chi connectivity index (χ2n) is 8.28. The molecular weight excluding hydrogens is 256 g/mol. The van der Waals surface area contributed by atoms with Gasteiger partial charge in [-0.25, -0.2) is 0 Å². The van der Waals surface area contributed by atoms with Crippen LogP contribution in [0.5, 0.6) is 0 Å². The predicted molar refractivity (Wildman–Crippen MR) is 91.5 cm³/mol. The highest BCUT2D eigenvalue weighted by Gasteiger charge is 2.41. The van der Waals surface area contributed by atoms with Gasteiger partial charge in [-0.2, -0.15) is 0 Å². The first kappa shape index (κ1) is 16.5. The van der Waals surface area contributed by atoms with Gasteiger partial charge in [-0.3, -0.25) is 4.90 Å². The van der Waals surface area contributed by atoms with E-state index in [1.165, 1.54) is 12.1 Å². The fraction of sp³-hybridized carbons (Fsp3) is 0.684. The number of nitrogens with zero attached hydrogens (tertiary/aromatic N) is 1. The molecule has 0 saturated carbocycles. The topological polar surface area (TPSA) is 15.3 Å². The van der Waals surface area contributed by atoms with Crippen molar-refractivity contribution < 1.29 is 0 Å². The smallest absolute Gasteiger partial charge is 0.0535 e. The monoisotopic (exact) mass is 288 g/mol. The van der Waals surface area contributed by atoms with Crippen LogP contribution in [0.25, 0.3) is 0 Å². The lowest BCUT2D eigenvalue weighted by Crippen LogP contribution is -2.64. The molecule has 2 unspecified atom stereocenters. The summed E-state index contributed by atoms with van der Waals surface area (Å²) in [5, 5.41) is 3.83. The zero-order chi connectivity index (χ0) is 15.7. The van der Waals surface area contributed by atoms with Crippen molar-refractivity contribution in [2.75, 3.05) is 19.6 Å². The van der Waals surface area contributed by atoms with Gasteiger partial charge in [0.25, 0.3) is 0 Å². The second kappa shape index (κ2) is 6.10. The average molecular weight is 288 g/mol. The summed E-state index contributed by atoms with van der Waals surface area (Å²) in [6, 6.07) is 11.5. The predicted octanol–water partition coefficient (Wildman–Crippen LogP) is 3.88. The normalized spacial score (nSPS) is 28.0. The molecular formula is C19H32N2. The SMILES string of the molecule is CC(C)CN1CC(C)(c2ccccc2)NCC1C(C)(C)C. The molecule has 1 aromatic carbocycles. The van der Waals surface area contributed by atoms with Crippen LogP contribution in [0.3, 0.4) is 0 Å². The van der Waals surface area contributed by atoms with Crippen molar-refractivity contribution in [2.45, 2.75) is 53.1 Å². The molecule has 1 fully saturated rings. The molecule has 0 radical (unpaired) electrons. The molecule has 0 aliphatic carbocycles. The molecule has 1 saturated heterocycles. The van der Waals surface area contributed by atoms with Crippen LogP contribution >= 0.6 is 0 Å². The van der Waals surface area contributed by atoms with Crippen LogP contribution in [0, 0.1) is 11.3 Å². The molecule has 118 valence electrons. The van der Waals surface area contributed by atoms with E-state index in [1.54, 1.807) is 0 Å². The van der Waals surface area contributed by atoms with E-state index in [4.69, 9.17) is 0 Å². The van der Waals surface area contributed by atoms with Gasteiger partial charge in [0.2, 0.25) is 0 Å². The number of rotatable bonds is 3. The first-order chi connectivity index (χ1) is 9.72. The fourth-order valence-corrected chi connectivity index (χ4v) is 3.54. The summed E-state index contributed by atoms with van der Waals surface area (Å²) in [6.07, 6.45) is 0. The molecule has 2 nitrogen and oxygen atoms in total. The van der Waals surface area contributed by atoms with E-state index in [9.17, 15) is 0 Å². The Morgan fingerprint density at radius 3 is 2.38 bits per heavy atom. The van der Waals surface area contributed by atoms with Gasteiger partial charge >= 0.3 is 0 Å². The van der Waals surface area contributed by atoms with E-state index in [2.05, 4.69) is 82.1 Å². The standard InChI is InChI=1S/C19H32N2/c1-15(2)13-21-14-19(6,16-10-8-7-9-11-16)20-12-17(21)18(3,4)5/h7-11,15,17,20H,12-14H2,1-6H3. The van der Waals surface area contributed by atoms with Gasteiger partial charge in [-0.15, -0.1) is 0 Å². The molecule has 2 atom stereocenters. The quantitative estimate of drug-likeness (QED) is 0.908. The minimum absolute atomic E-state index is 0.0535. The van der Waals surface area contributed by atoms with E-state index < -0.39 is 0 Å². The molecule has 1 aliphatic heterocycles. The van der Waals surface area contributed by atoms with Crippen molar-refractivity contribution in [1.82, 2.24) is 10.2 Å². The number of hydrogen-bond donors (Lipinski definition) is 1. The molecule has 0 amide bonds. The van der Waals surface area contributed by atoms with Crippen LogP contribution < -0.4 is 5.32 Å².